The predicted octanol–water partition coefficient (Wildman–Crippen LogP) is 1.60. The van der Waals surface area contributed by atoms with E-state index in [9.17, 15) is 9.36 Å². The quantitative estimate of drug-likeness (QED) is 0.546. The fourth-order valence-corrected chi connectivity index (χ4v) is 2.49. The number of aliphatic carboxylic acids is 1. The maximum atomic E-state index is 11.5. The van der Waals surface area contributed by atoms with Crippen LogP contribution >= 0.6 is 7.37 Å². The van der Waals surface area contributed by atoms with E-state index in [0.717, 1.165) is 0 Å². The molecule has 1 N–H and O–H groups in total. The Morgan fingerprint density at radius 3 is 2.25 bits per heavy atom. The van der Waals surface area contributed by atoms with Crippen molar-refractivity contribution in [3.63, 3.8) is 0 Å². The summed E-state index contributed by atoms with van der Waals surface area (Å²) in [6, 6.07) is 0. The van der Waals surface area contributed by atoms with E-state index in [1.165, 1.54) is 0 Å². The molecule has 0 bridgehead atoms. The summed E-state index contributed by atoms with van der Waals surface area (Å²) in [6.07, 6.45) is 2.10. The molecule has 1 unspecified atom stereocenters. The summed E-state index contributed by atoms with van der Waals surface area (Å²) in [7, 11) is -2.45. The predicted molar refractivity (Wildman–Crippen MR) is 56.5 cm³/mol. The van der Waals surface area contributed by atoms with Gasteiger partial charge in [0.05, 0.1) is 6.61 Å². The normalized spacial score (nSPS) is 12.9. The lowest BCUT2D eigenvalue weighted by Crippen LogP contribution is -1.97. The maximum absolute atomic E-state index is 11.5. The molecule has 0 rings (SSSR count). The molecule has 0 aliphatic carbocycles. The van der Waals surface area contributed by atoms with E-state index in [2.05, 4.69) is 0 Å². The Balaban J connectivity index is 0. The van der Waals surface area contributed by atoms with E-state index >= 15 is 0 Å². The molecular formula is C9H17O6P. The number of carbonyl (C=O) groups is 1. The third-order valence-corrected chi connectivity index (χ3v) is 3.54. The molecule has 0 aromatic heterocycles. The van der Waals surface area contributed by atoms with Gasteiger partial charge >= 0.3 is 12.1 Å². The summed E-state index contributed by atoms with van der Waals surface area (Å²) >= 11 is 0. The van der Waals surface area contributed by atoms with Crippen molar-refractivity contribution in [3.05, 3.63) is 0 Å². The molecule has 6 nitrogen and oxygen atoms in total. The first-order chi connectivity index (χ1) is 7.39. The summed E-state index contributed by atoms with van der Waals surface area (Å²) in [4.78, 5) is 26.4. The molecular weight excluding hydrogens is 235 g/mol. The highest BCUT2D eigenvalue weighted by atomic mass is 31.2. The molecule has 0 aliphatic rings. The third kappa shape index (κ3) is 15.5. The summed E-state index contributed by atoms with van der Waals surface area (Å²) < 4.78 is 16.5. The van der Waals surface area contributed by atoms with Gasteiger partial charge in [-0.2, -0.15) is 9.59 Å². The lowest BCUT2D eigenvalue weighted by molar-refractivity contribution is -0.191. The molecule has 7 heteroatoms. The van der Waals surface area contributed by atoms with Gasteiger partial charge < -0.3 is 9.63 Å². The van der Waals surface area contributed by atoms with Crippen LogP contribution in [0.5, 0.6) is 0 Å². The van der Waals surface area contributed by atoms with Gasteiger partial charge in [0, 0.05) is 19.2 Å². The number of carboxylic acid groups (broad SMARTS) is 1. The fraction of sp³-hybridized carbons (Fsp3) is 0.778. The molecule has 0 aliphatic heterocycles. The molecule has 0 saturated heterocycles. The molecule has 0 heterocycles. The van der Waals surface area contributed by atoms with Crippen LogP contribution < -0.4 is 0 Å². The monoisotopic (exact) mass is 252 g/mol. The standard InChI is InChI=1S/C8H17O4P.CO2/c1-3-12-13(2,11)7-5-4-6-8(9)10;2-1-3/h3-7H2,1-2H3,(H,9,10);. The molecule has 0 fully saturated rings. The molecule has 16 heavy (non-hydrogen) atoms. The Kier molecular flexibility index (Phi) is 11.5. The average molecular weight is 252 g/mol. The van der Waals surface area contributed by atoms with E-state index in [-0.39, 0.29) is 12.6 Å². The van der Waals surface area contributed by atoms with E-state index in [1.54, 1.807) is 13.6 Å². The number of hydrogen-bond acceptors (Lipinski definition) is 5. The average Bonchev–Trinajstić information content (AvgIpc) is 2.13. The van der Waals surface area contributed by atoms with Crippen LogP contribution in [0.15, 0.2) is 0 Å². The first kappa shape index (κ1) is 17.4. The number of unbranched alkanes of at least 4 members (excludes halogenated alkanes) is 1. The topological polar surface area (TPSA) is 97.7 Å². The Bertz CT molecular complexity index is 269. The van der Waals surface area contributed by atoms with Crippen LogP contribution in [0.2, 0.25) is 0 Å². The van der Waals surface area contributed by atoms with Crippen LogP contribution in [0.1, 0.15) is 26.2 Å². The summed E-state index contributed by atoms with van der Waals surface area (Å²) in [5.41, 5.74) is 0. The Morgan fingerprint density at radius 1 is 1.38 bits per heavy atom. The minimum absolute atomic E-state index is 0.145. The maximum Gasteiger partial charge on any atom is 0.373 e. The van der Waals surface area contributed by atoms with Crippen LogP contribution in [0.25, 0.3) is 0 Å². The molecule has 0 saturated carbocycles. The zero-order valence-electron chi connectivity index (χ0n) is 9.47. The van der Waals surface area contributed by atoms with Crippen molar-refractivity contribution in [2.24, 2.45) is 0 Å². The van der Waals surface area contributed by atoms with Gasteiger partial charge in [0.2, 0.25) is 0 Å². The zero-order valence-corrected chi connectivity index (χ0v) is 10.4. The van der Waals surface area contributed by atoms with E-state index < -0.39 is 13.3 Å². The fourth-order valence-electron chi connectivity index (χ4n) is 1.01. The Hall–Kier alpha value is -0.960. The summed E-state index contributed by atoms with van der Waals surface area (Å²) in [5.74, 6) is -0.803. The number of carbonyl (C=O) groups excluding carboxylic acids is 2. The van der Waals surface area contributed by atoms with E-state index in [0.29, 0.717) is 25.6 Å². The van der Waals surface area contributed by atoms with Crippen molar-refractivity contribution in [1.29, 1.82) is 0 Å². The van der Waals surface area contributed by atoms with Gasteiger partial charge in [0.25, 0.3) is 0 Å². The molecule has 94 valence electrons. The lowest BCUT2D eigenvalue weighted by atomic mass is 10.2. The molecule has 0 aromatic rings. The second kappa shape index (κ2) is 10.6. The van der Waals surface area contributed by atoms with Crippen molar-refractivity contribution >= 4 is 19.5 Å². The van der Waals surface area contributed by atoms with Gasteiger partial charge in [-0.15, -0.1) is 0 Å². The molecule has 0 radical (unpaired) electrons. The molecule has 0 spiro atoms. The van der Waals surface area contributed by atoms with Crippen molar-refractivity contribution < 1.29 is 28.6 Å². The van der Waals surface area contributed by atoms with Crippen molar-refractivity contribution in [2.75, 3.05) is 19.4 Å². The Morgan fingerprint density at radius 2 is 1.88 bits per heavy atom. The van der Waals surface area contributed by atoms with Gasteiger partial charge in [-0.25, -0.2) is 0 Å². The van der Waals surface area contributed by atoms with Gasteiger partial charge in [0.1, 0.15) is 0 Å². The van der Waals surface area contributed by atoms with Crippen molar-refractivity contribution in [2.45, 2.75) is 26.2 Å². The SMILES string of the molecule is CCOP(C)(=O)CCCCC(=O)O.O=C=O. The lowest BCUT2D eigenvalue weighted by Gasteiger charge is -2.11. The van der Waals surface area contributed by atoms with Crippen LogP contribution in [0.3, 0.4) is 0 Å². The first-order valence-corrected chi connectivity index (χ1v) is 7.07. The largest absolute Gasteiger partial charge is 0.481 e. The van der Waals surface area contributed by atoms with Crippen LogP contribution in [0, 0.1) is 0 Å². The highest BCUT2D eigenvalue weighted by Gasteiger charge is 2.13. The summed E-state index contributed by atoms with van der Waals surface area (Å²) in [5, 5.41) is 8.35. The number of carboxylic acids is 1. The van der Waals surface area contributed by atoms with Crippen LogP contribution in [-0.2, 0) is 23.5 Å². The molecule has 0 aromatic carbocycles. The van der Waals surface area contributed by atoms with Crippen molar-refractivity contribution in [3.8, 4) is 0 Å². The number of hydrogen-bond donors (Lipinski definition) is 1. The Labute approximate surface area is 94.4 Å². The summed E-state index contributed by atoms with van der Waals surface area (Å²) in [6.45, 7) is 3.84. The highest BCUT2D eigenvalue weighted by Crippen LogP contribution is 2.43. The smallest absolute Gasteiger partial charge is 0.373 e. The second-order valence-corrected chi connectivity index (χ2v) is 5.82. The minimum Gasteiger partial charge on any atom is -0.481 e. The third-order valence-electron chi connectivity index (χ3n) is 1.61. The van der Waals surface area contributed by atoms with Crippen molar-refractivity contribution in [1.82, 2.24) is 0 Å². The van der Waals surface area contributed by atoms with Crippen LogP contribution in [-0.4, -0.2) is 36.7 Å². The van der Waals surface area contributed by atoms with E-state index in [1.807, 2.05) is 0 Å². The number of rotatable bonds is 7. The second-order valence-electron chi connectivity index (χ2n) is 3.09. The van der Waals surface area contributed by atoms with Gasteiger partial charge in [-0.3, -0.25) is 9.36 Å². The first-order valence-electron chi connectivity index (χ1n) is 4.81. The van der Waals surface area contributed by atoms with E-state index in [4.69, 9.17) is 19.2 Å². The minimum atomic E-state index is -2.45. The molecule has 1 atom stereocenters. The zero-order chi connectivity index (χ0) is 13.0. The van der Waals surface area contributed by atoms with Gasteiger partial charge in [-0.05, 0) is 19.8 Å². The van der Waals surface area contributed by atoms with Gasteiger partial charge in [0.15, 0.2) is 7.37 Å². The highest BCUT2D eigenvalue weighted by molar-refractivity contribution is 7.58. The molecule has 0 amide bonds. The van der Waals surface area contributed by atoms with Gasteiger partial charge in [-0.1, -0.05) is 0 Å². The van der Waals surface area contributed by atoms with Crippen LogP contribution in [0.4, 0.5) is 0 Å².